The van der Waals surface area contributed by atoms with Gasteiger partial charge in [0.2, 0.25) is 0 Å². The van der Waals surface area contributed by atoms with Crippen molar-refractivity contribution in [3.05, 3.63) is 0 Å². The molecule has 0 aliphatic carbocycles. The van der Waals surface area contributed by atoms with E-state index in [2.05, 4.69) is 0 Å². The smallest absolute Gasteiger partial charge is 0.303 e. The highest BCUT2D eigenvalue weighted by Gasteiger charge is 2.52. The number of carbonyl (C=O) groups excluding carboxylic acids is 4. The van der Waals surface area contributed by atoms with Crippen molar-refractivity contribution in [2.24, 2.45) is 0 Å². The van der Waals surface area contributed by atoms with Crippen LogP contribution in [0.15, 0.2) is 0 Å². The van der Waals surface area contributed by atoms with Crippen LogP contribution in [-0.2, 0) is 42.9 Å². The van der Waals surface area contributed by atoms with E-state index in [-0.39, 0.29) is 12.4 Å². The second kappa shape index (κ2) is 10.7. The quantitative estimate of drug-likeness (QED) is 0.429. The molecule has 1 aliphatic rings. The minimum Gasteiger partial charge on any atom is -0.463 e. The summed E-state index contributed by atoms with van der Waals surface area (Å²) in [6.45, 7) is 4.34. The molecular formula is C16H21NO9S. The molecular weight excluding hydrogens is 382 g/mol. The third-order valence-corrected chi connectivity index (χ3v) is 4.26. The lowest BCUT2D eigenvalue weighted by molar-refractivity contribution is -0.237. The molecule has 150 valence electrons. The van der Waals surface area contributed by atoms with Crippen LogP contribution < -0.4 is 0 Å². The van der Waals surface area contributed by atoms with Crippen molar-refractivity contribution in [3.8, 4) is 6.07 Å². The Morgan fingerprint density at radius 2 is 1.41 bits per heavy atom. The van der Waals surface area contributed by atoms with Gasteiger partial charge in [-0.15, -0.1) is 11.8 Å². The Bertz CT molecular complexity index is 618. The topological polar surface area (TPSA) is 138 Å². The summed E-state index contributed by atoms with van der Waals surface area (Å²) in [4.78, 5) is 45.8. The van der Waals surface area contributed by atoms with Gasteiger partial charge in [-0.05, 0) is 0 Å². The lowest BCUT2D eigenvalue weighted by Gasteiger charge is -2.44. The van der Waals surface area contributed by atoms with E-state index in [4.69, 9.17) is 28.9 Å². The fraction of sp³-hybridized carbons (Fsp3) is 0.688. The molecule has 1 fully saturated rings. The molecule has 5 atom stereocenters. The van der Waals surface area contributed by atoms with E-state index >= 15 is 0 Å². The van der Waals surface area contributed by atoms with Crippen LogP contribution in [0.4, 0.5) is 0 Å². The SMILES string of the molecule is CC(=O)OC[C@H]1OC(SCC#N)[C@H](OC(C)=O)[C@@H](OC(C)=O)[C@H]1OC(C)=O. The molecule has 0 radical (unpaired) electrons. The summed E-state index contributed by atoms with van der Waals surface area (Å²) in [5, 5.41) is 8.83. The first-order chi connectivity index (χ1) is 12.6. The molecule has 0 aromatic carbocycles. The highest BCUT2D eigenvalue weighted by atomic mass is 32.2. The average molecular weight is 403 g/mol. The largest absolute Gasteiger partial charge is 0.463 e. The third-order valence-electron chi connectivity index (χ3n) is 3.26. The van der Waals surface area contributed by atoms with E-state index in [1.54, 1.807) is 0 Å². The van der Waals surface area contributed by atoms with Gasteiger partial charge in [-0.1, -0.05) is 0 Å². The van der Waals surface area contributed by atoms with Crippen LogP contribution in [0.5, 0.6) is 0 Å². The van der Waals surface area contributed by atoms with Crippen LogP contribution in [0, 0.1) is 11.3 Å². The first kappa shape index (κ1) is 22.7. The van der Waals surface area contributed by atoms with Gasteiger partial charge in [-0.25, -0.2) is 0 Å². The maximum Gasteiger partial charge on any atom is 0.303 e. The van der Waals surface area contributed by atoms with Crippen LogP contribution in [0.3, 0.4) is 0 Å². The summed E-state index contributed by atoms with van der Waals surface area (Å²) in [6.07, 6.45) is -4.53. The molecule has 0 amide bonds. The van der Waals surface area contributed by atoms with Crippen LogP contribution in [0.1, 0.15) is 27.7 Å². The maximum absolute atomic E-state index is 11.6. The molecule has 0 spiro atoms. The van der Waals surface area contributed by atoms with Crippen molar-refractivity contribution < 1.29 is 42.9 Å². The van der Waals surface area contributed by atoms with Crippen LogP contribution in [0.25, 0.3) is 0 Å². The van der Waals surface area contributed by atoms with Crippen molar-refractivity contribution in [1.29, 1.82) is 5.26 Å². The number of rotatable bonds is 7. The standard InChI is InChI=1S/C16H21NO9S/c1-8(18)22-7-12-13(23-9(2)19)14(24-10(3)20)15(25-11(4)21)16(26-12)27-6-5-17/h12-16H,6-7H2,1-4H3/t12-,13+,14+,15-,16?/m1/s1. The lowest BCUT2D eigenvalue weighted by atomic mass is 9.99. The van der Waals surface area contributed by atoms with E-state index in [1.165, 1.54) is 6.92 Å². The molecule has 0 aromatic rings. The van der Waals surface area contributed by atoms with Gasteiger partial charge >= 0.3 is 23.9 Å². The second-order valence-corrected chi connectivity index (χ2v) is 6.62. The number of hydrogen-bond donors (Lipinski definition) is 0. The lowest BCUT2D eigenvalue weighted by Crippen LogP contribution is -2.61. The molecule has 0 N–H and O–H groups in total. The number of hydrogen-bond acceptors (Lipinski definition) is 11. The van der Waals surface area contributed by atoms with Gasteiger partial charge in [0.15, 0.2) is 18.3 Å². The molecule has 0 bridgehead atoms. The van der Waals surface area contributed by atoms with Crippen molar-refractivity contribution >= 4 is 35.6 Å². The van der Waals surface area contributed by atoms with Crippen molar-refractivity contribution in [2.75, 3.05) is 12.4 Å². The average Bonchev–Trinajstić information content (AvgIpc) is 2.54. The Morgan fingerprint density at radius 1 is 0.889 bits per heavy atom. The molecule has 1 heterocycles. The van der Waals surface area contributed by atoms with E-state index in [1.807, 2.05) is 6.07 Å². The summed E-state index contributed by atoms with van der Waals surface area (Å²) >= 11 is 1.00. The molecule has 0 saturated carbocycles. The highest BCUT2D eigenvalue weighted by Crippen LogP contribution is 2.34. The molecule has 10 nitrogen and oxygen atoms in total. The van der Waals surface area contributed by atoms with Gasteiger partial charge in [0, 0.05) is 27.7 Å². The molecule has 0 aromatic heterocycles. The Labute approximate surface area is 160 Å². The Hall–Kier alpha value is -2.32. The van der Waals surface area contributed by atoms with Gasteiger partial charge in [0.05, 0.1) is 11.8 Å². The van der Waals surface area contributed by atoms with E-state index in [0.717, 1.165) is 32.5 Å². The number of thioether (sulfide) groups is 1. The zero-order chi connectivity index (χ0) is 20.6. The predicted octanol–water partition coefficient (Wildman–Crippen LogP) is 0.326. The van der Waals surface area contributed by atoms with E-state index in [9.17, 15) is 19.2 Å². The molecule has 27 heavy (non-hydrogen) atoms. The van der Waals surface area contributed by atoms with Crippen LogP contribution in [-0.4, -0.2) is 66.1 Å². The van der Waals surface area contributed by atoms with Gasteiger partial charge in [0.1, 0.15) is 18.1 Å². The zero-order valence-corrected chi connectivity index (χ0v) is 16.1. The monoisotopic (exact) mass is 403 g/mol. The third kappa shape index (κ3) is 7.44. The molecule has 1 unspecified atom stereocenters. The highest BCUT2D eigenvalue weighted by molar-refractivity contribution is 8.00. The Balaban J connectivity index is 3.25. The first-order valence-electron chi connectivity index (χ1n) is 7.94. The number of esters is 4. The predicted molar refractivity (Wildman–Crippen MR) is 90.0 cm³/mol. The summed E-state index contributed by atoms with van der Waals surface area (Å²) in [5.74, 6) is -2.67. The summed E-state index contributed by atoms with van der Waals surface area (Å²) in [7, 11) is 0. The minimum absolute atomic E-state index is 0.00621. The fourth-order valence-electron chi connectivity index (χ4n) is 2.44. The zero-order valence-electron chi connectivity index (χ0n) is 15.3. The van der Waals surface area contributed by atoms with Crippen molar-refractivity contribution in [1.82, 2.24) is 0 Å². The molecule has 1 aliphatic heterocycles. The minimum atomic E-state index is -1.21. The van der Waals surface area contributed by atoms with Crippen LogP contribution in [0.2, 0.25) is 0 Å². The Kier molecular flexibility index (Phi) is 9.04. The molecule has 11 heteroatoms. The van der Waals surface area contributed by atoms with Gasteiger partial charge in [0.25, 0.3) is 0 Å². The molecule has 1 saturated heterocycles. The van der Waals surface area contributed by atoms with Crippen LogP contribution >= 0.6 is 11.8 Å². The summed E-state index contributed by atoms with van der Waals surface area (Å²) < 4.78 is 26.4. The number of nitriles is 1. The number of nitrogens with zero attached hydrogens (tertiary/aromatic N) is 1. The van der Waals surface area contributed by atoms with Crippen molar-refractivity contribution in [2.45, 2.75) is 57.5 Å². The van der Waals surface area contributed by atoms with Crippen molar-refractivity contribution in [3.63, 3.8) is 0 Å². The summed E-state index contributed by atoms with van der Waals surface area (Å²) in [5.41, 5.74) is -0.912. The number of carbonyl (C=O) groups is 4. The van der Waals surface area contributed by atoms with Gasteiger partial charge < -0.3 is 23.7 Å². The van der Waals surface area contributed by atoms with E-state index < -0.39 is 53.7 Å². The fourth-order valence-corrected chi connectivity index (χ4v) is 3.30. The first-order valence-corrected chi connectivity index (χ1v) is 8.99. The molecule has 1 rings (SSSR count). The van der Waals surface area contributed by atoms with Gasteiger partial charge in [-0.2, -0.15) is 5.26 Å². The second-order valence-electron chi connectivity index (χ2n) is 5.54. The normalized spacial score (nSPS) is 27.0. The number of ether oxygens (including phenoxy) is 5. The van der Waals surface area contributed by atoms with E-state index in [0.29, 0.717) is 0 Å². The van der Waals surface area contributed by atoms with Gasteiger partial charge in [-0.3, -0.25) is 19.2 Å². The maximum atomic E-state index is 11.6. The summed E-state index contributed by atoms with van der Waals surface area (Å²) in [6, 6.07) is 1.92. The Morgan fingerprint density at radius 3 is 1.89 bits per heavy atom.